The number of esters is 1. The number of aromatic nitrogens is 2. The van der Waals surface area contributed by atoms with Crippen LogP contribution in [-0.2, 0) is 28.5 Å². The first-order chi connectivity index (χ1) is 14.8. The van der Waals surface area contributed by atoms with Crippen LogP contribution in [0.25, 0.3) is 0 Å². The van der Waals surface area contributed by atoms with Gasteiger partial charge in [-0.2, -0.15) is 0 Å². The number of nitrogens with zero attached hydrogens (tertiary/aromatic N) is 1. The third kappa shape index (κ3) is 5.99. The molecule has 1 aliphatic heterocycles. The van der Waals surface area contributed by atoms with Crippen LogP contribution >= 0.6 is 0 Å². The summed E-state index contributed by atoms with van der Waals surface area (Å²) in [6.07, 6.45) is -4.19. The van der Waals surface area contributed by atoms with Crippen molar-refractivity contribution in [1.82, 2.24) is 9.55 Å². The SMILES string of the molecule is CCOCC(COCC)(OCC)C(=O)OC[C@H]1O[C@@H](n2ccc(=O)[nH]c2=O)[C@H](O)[C@@H]1O. The molecule has 2 rings (SSSR count). The van der Waals surface area contributed by atoms with Crippen LogP contribution in [0.1, 0.15) is 27.0 Å². The second-order valence-corrected chi connectivity index (χ2v) is 6.86. The summed E-state index contributed by atoms with van der Waals surface area (Å²) < 4.78 is 28.2. The minimum Gasteiger partial charge on any atom is -0.461 e. The Balaban J connectivity index is 2.11. The number of aromatic amines is 1. The molecule has 12 nitrogen and oxygen atoms in total. The molecule has 0 aromatic carbocycles. The smallest absolute Gasteiger partial charge is 0.343 e. The second kappa shape index (κ2) is 11.5. The van der Waals surface area contributed by atoms with Gasteiger partial charge in [0, 0.05) is 32.1 Å². The van der Waals surface area contributed by atoms with Gasteiger partial charge in [-0.05, 0) is 20.8 Å². The van der Waals surface area contributed by atoms with Gasteiger partial charge in [-0.25, -0.2) is 9.59 Å². The van der Waals surface area contributed by atoms with Crippen LogP contribution in [0.5, 0.6) is 0 Å². The number of ether oxygens (including phenoxy) is 5. The Morgan fingerprint density at radius 3 is 2.32 bits per heavy atom. The summed E-state index contributed by atoms with van der Waals surface area (Å²) >= 11 is 0. The predicted octanol–water partition coefficient (Wildman–Crippen LogP) is -1.45. The Morgan fingerprint density at radius 1 is 1.13 bits per heavy atom. The average molecular weight is 446 g/mol. The van der Waals surface area contributed by atoms with Crippen molar-refractivity contribution in [2.24, 2.45) is 0 Å². The van der Waals surface area contributed by atoms with Crippen molar-refractivity contribution < 1.29 is 38.7 Å². The lowest BCUT2D eigenvalue weighted by molar-refractivity contribution is -0.194. The highest BCUT2D eigenvalue weighted by Crippen LogP contribution is 2.29. The van der Waals surface area contributed by atoms with Gasteiger partial charge in [0.15, 0.2) is 6.23 Å². The number of H-pyrrole nitrogens is 1. The summed E-state index contributed by atoms with van der Waals surface area (Å²) in [6, 6.07) is 1.08. The summed E-state index contributed by atoms with van der Waals surface area (Å²) in [5, 5.41) is 20.6. The third-order valence-corrected chi connectivity index (χ3v) is 4.71. The quantitative estimate of drug-likeness (QED) is 0.324. The highest BCUT2D eigenvalue weighted by Gasteiger charge is 2.47. The number of aliphatic hydroxyl groups excluding tert-OH is 2. The maximum Gasteiger partial charge on any atom is 0.343 e. The molecule has 1 saturated heterocycles. The Morgan fingerprint density at radius 2 is 1.77 bits per heavy atom. The number of rotatable bonds is 12. The molecule has 0 aliphatic carbocycles. The monoisotopic (exact) mass is 446 g/mol. The van der Waals surface area contributed by atoms with Gasteiger partial charge in [0.25, 0.3) is 5.56 Å². The summed E-state index contributed by atoms with van der Waals surface area (Å²) in [4.78, 5) is 38.1. The molecular formula is C19H30N2O10. The van der Waals surface area contributed by atoms with Gasteiger partial charge in [0.2, 0.25) is 5.60 Å². The van der Waals surface area contributed by atoms with Crippen LogP contribution < -0.4 is 11.2 Å². The molecule has 12 heteroatoms. The van der Waals surface area contributed by atoms with Crippen LogP contribution in [0.3, 0.4) is 0 Å². The molecule has 0 bridgehead atoms. The van der Waals surface area contributed by atoms with E-state index in [4.69, 9.17) is 23.7 Å². The van der Waals surface area contributed by atoms with Crippen molar-refractivity contribution in [1.29, 1.82) is 0 Å². The lowest BCUT2D eigenvalue weighted by Crippen LogP contribution is -2.52. The fourth-order valence-corrected chi connectivity index (χ4v) is 3.13. The molecule has 1 aliphatic rings. The van der Waals surface area contributed by atoms with E-state index in [-0.39, 0.29) is 19.8 Å². The molecule has 1 fully saturated rings. The van der Waals surface area contributed by atoms with Gasteiger partial charge in [-0.15, -0.1) is 0 Å². The molecule has 3 N–H and O–H groups in total. The molecule has 2 heterocycles. The van der Waals surface area contributed by atoms with Gasteiger partial charge in [0.1, 0.15) is 24.9 Å². The number of aliphatic hydroxyl groups is 2. The fourth-order valence-electron chi connectivity index (χ4n) is 3.13. The van der Waals surface area contributed by atoms with Crippen LogP contribution in [0.15, 0.2) is 21.9 Å². The first-order valence-corrected chi connectivity index (χ1v) is 10.1. The van der Waals surface area contributed by atoms with Crippen molar-refractivity contribution in [2.45, 2.75) is 50.9 Å². The molecule has 0 saturated carbocycles. The zero-order valence-corrected chi connectivity index (χ0v) is 17.8. The van der Waals surface area contributed by atoms with E-state index in [2.05, 4.69) is 0 Å². The molecule has 0 spiro atoms. The van der Waals surface area contributed by atoms with E-state index in [0.717, 1.165) is 16.8 Å². The van der Waals surface area contributed by atoms with Crippen molar-refractivity contribution in [3.63, 3.8) is 0 Å². The minimum absolute atomic E-state index is 0.0950. The average Bonchev–Trinajstić information content (AvgIpc) is 3.02. The Kier molecular flexibility index (Phi) is 9.34. The number of nitrogens with one attached hydrogen (secondary N) is 1. The first-order valence-electron chi connectivity index (χ1n) is 10.1. The van der Waals surface area contributed by atoms with Crippen molar-refractivity contribution >= 4 is 5.97 Å². The molecule has 4 atom stereocenters. The molecule has 31 heavy (non-hydrogen) atoms. The lowest BCUT2D eigenvalue weighted by atomic mass is 10.1. The second-order valence-electron chi connectivity index (χ2n) is 6.86. The summed E-state index contributed by atoms with van der Waals surface area (Å²) in [5.41, 5.74) is -2.93. The highest BCUT2D eigenvalue weighted by atomic mass is 16.6. The van der Waals surface area contributed by atoms with Crippen LogP contribution in [0.4, 0.5) is 0 Å². The van der Waals surface area contributed by atoms with E-state index in [0.29, 0.717) is 13.2 Å². The predicted molar refractivity (Wildman–Crippen MR) is 106 cm³/mol. The molecule has 0 amide bonds. The van der Waals surface area contributed by atoms with Crippen molar-refractivity contribution in [2.75, 3.05) is 39.6 Å². The van der Waals surface area contributed by atoms with Crippen molar-refractivity contribution in [3.05, 3.63) is 33.1 Å². The summed E-state index contributed by atoms with van der Waals surface area (Å²) in [6.45, 7) is 5.54. The number of hydrogen-bond donors (Lipinski definition) is 3. The lowest BCUT2D eigenvalue weighted by Gasteiger charge is -2.31. The largest absolute Gasteiger partial charge is 0.461 e. The topological polar surface area (TPSA) is 159 Å². The third-order valence-electron chi connectivity index (χ3n) is 4.71. The first kappa shape index (κ1) is 25.2. The van der Waals surface area contributed by atoms with Crippen LogP contribution in [0.2, 0.25) is 0 Å². The number of carbonyl (C=O) groups excluding carboxylic acids is 1. The molecule has 1 aromatic rings. The molecular weight excluding hydrogens is 416 g/mol. The highest BCUT2D eigenvalue weighted by molar-refractivity contribution is 5.80. The summed E-state index contributed by atoms with van der Waals surface area (Å²) in [5.74, 6) is -0.772. The minimum atomic E-state index is -1.50. The molecule has 1 aromatic heterocycles. The van der Waals surface area contributed by atoms with Gasteiger partial charge in [-0.1, -0.05) is 0 Å². The summed E-state index contributed by atoms with van der Waals surface area (Å²) in [7, 11) is 0. The van der Waals surface area contributed by atoms with E-state index in [1.54, 1.807) is 20.8 Å². The van der Waals surface area contributed by atoms with E-state index in [1.165, 1.54) is 0 Å². The molecule has 0 unspecified atom stereocenters. The van der Waals surface area contributed by atoms with E-state index in [9.17, 15) is 24.6 Å². The maximum absolute atomic E-state index is 12.9. The van der Waals surface area contributed by atoms with E-state index < -0.39 is 54.0 Å². The Labute approximate surface area is 178 Å². The van der Waals surface area contributed by atoms with Gasteiger partial charge in [0.05, 0.1) is 13.2 Å². The van der Waals surface area contributed by atoms with Crippen LogP contribution in [-0.4, -0.2) is 89.3 Å². The Bertz CT molecular complexity index is 814. The van der Waals surface area contributed by atoms with Gasteiger partial charge in [-0.3, -0.25) is 14.3 Å². The molecule has 176 valence electrons. The fraction of sp³-hybridized carbons (Fsp3) is 0.737. The number of hydrogen-bond acceptors (Lipinski definition) is 10. The normalized spacial score (nSPS) is 23.8. The molecule has 0 radical (unpaired) electrons. The maximum atomic E-state index is 12.9. The van der Waals surface area contributed by atoms with E-state index in [1.807, 2.05) is 4.98 Å². The van der Waals surface area contributed by atoms with Crippen molar-refractivity contribution in [3.8, 4) is 0 Å². The zero-order chi connectivity index (χ0) is 23.0. The zero-order valence-electron chi connectivity index (χ0n) is 17.8. The van der Waals surface area contributed by atoms with E-state index >= 15 is 0 Å². The number of carbonyl (C=O) groups is 1. The standard InChI is InChI=1S/C19H30N2O10/c1-4-27-10-19(30-6-3,11-28-5-2)17(25)29-9-12-14(23)15(24)16(31-12)21-8-7-13(22)20-18(21)26/h7-8,12,14-16,23-24H,4-6,9-11H2,1-3H3,(H,20,22,26)/t12-,14-,15-,16-/m1/s1. The van der Waals surface area contributed by atoms with Gasteiger partial charge >= 0.3 is 11.7 Å². The van der Waals surface area contributed by atoms with Crippen LogP contribution in [0, 0.1) is 0 Å². The Hall–Kier alpha value is -2.09. The van der Waals surface area contributed by atoms with Gasteiger partial charge < -0.3 is 33.9 Å².